The van der Waals surface area contributed by atoms with Crippen molar-refractivity contribution in [1.29, 1.82) is 0 Å². The zero-order valence-electron chi connectivity index (χ0n) is 9.98. The molecule has 1 unspecified atom stereocenters. The second kappa shape index (κ2) is 5.65. The monoisotopic (exact) mass is 269 g/mol. The molecule has 3 nitrogen and oxygen atoms in total. The third-order valence-corrected chi connectivity index (χ3v) is 3.85. The van der Waals surface area contributed by atoms with Crippen molar-refractivity contribution in [3.63, 3.8) is 0 Å². The molecule has 0 aliphatic rings. The molecule has 5 heteroatoms. The number of hydrogen-bond acceptors (Lipinski definition) is 4. The van der Waals surface area contributed by atoms with Gasteiger partial charge in [0.05, 0.1) is 5.39 Å². The van der Waals surface area contributed by atoms with Crippen LogP contribution in [0.1, 0.15) is 20.3 Å². The smallest absolute Gasteiger partial charge is 0.138 e. The summed E-state index contributed by atoms with van der Waals surface area (Å²) in [6.07, 6.45) is 2.55. The summed E-state index contributed by atoms with van der Waals surface area (Å²) in [7, 11) is 0. The van der Waals surface area contributed by atoms with Gasteiger partial charge in [0.25, 0.3) is 0 Å². The number of alkyl halides is 1. The van der Waals surface area contributed by atoms with Gasteiger partial charge in [-0.05, 0) is 23.8 Å². The van der Waals surface area contributed by atoms with Crippen LogP contribution in [0.2, 0.25) is 0 Å². The van der Waals surface area contributed by atoms with Gasteiger partial charge in [-0.25, -0.2) is 9.97 Å². The van der Waals surface area contributed by atoms with Crippen molar-refractivity contribution in [2.75, 3.05) is 11.2 Å². The quantitative estimate of drug-likeness (QED) is 0.840. The lowest BCUT2D eigenvalue weighted by molar-refractivity contribution is 0.512. The molecule has 0 aromatic carbocycles. The lowest BCUT2D eigenvalue weighted by atomic mass is 10.0. The highest BCUT2D eigenvalue weighted by Gasteiger charge is 2.14. The van der Waals surface area contributed by atoms with Gasteiger partial charge in [0.1, 0.15) is 17.0 Å². The maximum atomic E-state index is 5.83. The van der Waals surface area contributed by atoms with Crippen molar-refractivity contribution in [1.82, 2.24) is 9.97 Å². The van der Waals surface area contributed by atoms with E-state index in [1.54, 1.807) is 17.7 Å². The fraction of sp³-hybridized carbons (Fsp3) is 0.500. The summed E-state index contributed by atoms with van der Waals surface area (Å²) in [6, 6.07) is 2.41. The zero-order chi connectivity index (χ0) is 12.3. The van der Waals surface area contributed by atoms with E-state index in [1.807, 2.05) is 5.38 Å². The van der Waals surface area contributed by atoms with Gasteiger partial charge in [0.15, 0.2) is 0 Å². The first-order chi connectivity index (χ1) is 8.22. The summed E-state index contributed by atoms with van der Waals surface area (Å²) in [5, 5.41) is 6.61. The van der Waals surface area contributed by atoms with E-state index < -0.39 is 0 Å². The lowest BCUT2D eigenvalue weighted by Gasteiger charge is -2.22. The predicted octanol–water partition coefficient (Wildman–Crippen LogP) is 3.76. The van der Waals surface area contributed by atoms with E-state index in [0.717, 1.165) is 22.5 Å². The van der Waals surface area contributed by atoms with Gasteiger partial charge in [-0.3, -0.25) is 0 Å². The molecule has 2 heterocycles. The maximum absolute atomic E-state index is 5.83. The van der Waals surface area contributed by atoms with E-state index >= 15 is 0 Å². The molecular weight excluding hydrogens is 254 g/mol. The van der Waals surface area contributed by atoms with Crippen LogP contribution in [0.15, 0.2) is 17.8 Å². The predicted molar refractivity (Wildman–Crippen MR) is 75.0 cm³/mol. The van der Waals surface area contributed by atoms with Crippen LogP contribution in [0.5, 0.6) is 0 Å². The third-order valence-electron chi connectivity index (χ3n) is 2.81. The SMILES string of the molecule is CC(C)C(CCCl)Nc1ncnc2sccc12. The molecule has 1 N–H and O–H groups in total. The van der Waals surface area contributed by atoms with E-state index in [0.29, 0.717) is 17.8 Å². The fourth-order valence-electron chi connectivity index (χ4n) is 1.77. The molecule has 92 valence electrons. The minimum atomic E-state index is 0.352. The topological polar surface area (TPSA) is 37.8 Å². The summed E-state index contributed by atoms with van der Waals surface area (Å²) >= 11 is 7.47. The molecule has 0 amide bonds. The molecule has 1 atom stereocenters. The van der Waals surface area contributed by atoms with Crippen LogP contribution in [0.3, 0.4) is 0 Å². The zero-order valence-corrected chi connectivity index (χ0v) is 11.6. The Morgan fingerprint density at radius 2 is 2.24 bits per heavy atom. The lowest BCUT2D eigenvalue weighted by Crippen LogP contribution is -2.26. The van der Waals surface area contributed by atoms with Gasteiger partial charge in [-0.15, -0.1) is 22.9 Å². The molecule has 0 fully saturated rings. The van der Waals surface area contributed by atoms with Crippen LogP contribution in [-0.4, -0.2) is 21.9 Å². The highest BCUT2D eigenvalue weighted by atomic mass is 35.5. The Bertz CT molecular complexity index is 483. The molecule has 0 aliphatic carbocycles. The summed E-state index contributed by atoms with van der Waals surface area (Å²) in [5.74, 6) is 2.10. The van der Waals surface area contributed by atoms with Crippen LogP contribution in [0, 0.1) is 5.92 Å². The van der Waals surface area contributed by atoms with Crippen LogP contribution in [0.25, 0.3) is 10.2 Å². The minimum absolute atomic E-state index is 0.352. The number of rotatable bonds is 5. The van der Waals surface area contributed by atoms with Gasteiger partial charge in [0, 0.05) is 11.9 Å². The summed E-state index contributed by atoms with van der Waals surface area (Å²) < 4.78 is 0. The average Bonchev–Trinajstić information content (AvgIpc) is 2.77. The molecule has 0 aliphatic heterocycles. The summed E-state index contributed by atoms with van der Waals surface area (Å²) in [4.78, 5) is 9.59. The standard InChI is InChI=1S/C12H16ClN3S/c1-8(2)10(3-5-13)16-11-9-4-6-17-12(9)15-7-14-11/h4,6-8,10H,3,5H2,1-2H3,(H,14,15,16). The van der Waals surface area contributed by atoms with Gasteiger partial charge >= 0.3 is 0 Å². The summed E-state index contributed by atoms with van der Waals surface area (Å²) in [5.41, 5.74) is 0. The number of hydrogen-bond donors (Lipinski definition) is 1. The Morgan fingerprint density at radius 3 is 2.94 bits per heavy atom. The van der Waals surface area contributed by atoms with Crippen molar-refractivity contribution in [2.45, 2.75) is 26.3 Å². The van der Waals surface area contributed by atoms with Crippen LogP contribution >= 0.6 is 22.9 Å². The van der Waals surface area contributed by atoms with Crippen molar-refractivity contribution in [3.05, 3.63) is 17.8 Å². The second-order valence-corrected chi connectivity index (χ2v) is 5.61. The third kappa shape index (κ3) is 2.87. The van der Waals surface area contributed by atoms with Gasteiger partial charge in [0.2, 0.25) is 0 Å². The first-order valence-electron chi connectivity index (χ1n) is 5.73. The first-order valence-corrected chi connectivity index (χ1v) is 7.14. The summed E-state index contributed by atoms with van der Waals surface area (Å²) in [6.45, 7) is 4.38. The number of thiophene rings is 1. The van der Waals surface area contributed by atoms with Crippen molar-refractivity contribution in [2.24, 2.45) is 5.92 Å². The fourth-order valence-corrected chi connectivity index (χ4v) is 2.74. The van der Waals surface area contributed by atoms with Crippen molar-refractivity contribution < 1.29 is 0 Å². The minimum Gasteiger partial charge on any atom is -0.366 e. The molecule has 0 saturated heterocycles. The number of nitrogens with one attached hydrogen (secondary N) is 1. The largest absolute Gasteiger partial charge is 0.366 e. The van der Waals surface area contributed by atoms with Gasteiger partial charge in [-0.1, -0.05) is 13.8 Å². The molecule has 0 bridgehead atoms. The van der Waals surface area contributed by atoms with E-state index in [9.17, 15) is 0 Å². The Kier molecular flexibility index (Phi) is 4.18. The van der Waals surface area contributed by atoms with E-state index in [1.165, 1.54) is 0 Å². The molecule has 0 saturated carbocycles. The van der Waals surface area contributed by atoms with Crippen LogP contribution < -0.4 is 5.32 Å². The molecule has 2 aromatic heterocycles. The Morgan fingerprint density at radius 1 is 1.41 bits per heavy atom. The maximum Gasteiger partial charge on any atom is 0.138 e. The number of fused-ring (bicyclic) bond motifs is 1. The van der Waals surface area contributed by atoms with Crippen molar-refractivity contribution in [3.8, 4) is 0 Å². The highest BCUT2D eigenvalue weighted by Crippen LogP contribution is 2.25. The average molecular weight is 270 g/mol. The molecule has 17 heavy (non-hydrogen) atoms. The highest BCUT2D eigenvalue weighted by molar-refractivity contribution is 7.16. The van der Waals surface area contributed by atoms with E-state index in [2.05, 4.69) is 35.2 Å². The van der Waals surface area contributed by atoms with Gasteiger partial charge in [-0.2, -0.15) is 0 Å². The Hall–Kier alpha value is -0.870. The number of anilines is 1. The first kappa shape index (κ1) is 12.6. The van der Waals surface area contributed by atoms with Gasteiger partial charge < -0.3 is 5.32 Å². The second-order valence-electron chi connectivity index (χ2n) is 4.33. The molecule has 2 aromatic rings. The Balaban J connectivity index is 2.24. The van der Waals surface area contributed by atoms with Crippen LogP contribution in [-0.2, 0) is 0 Å². The normalized spacial score (nSPS) is 13.2. The molecule has 2 rings (SSSR count). The number of nitrogens with zero attached hydrogens (tertiary/aromatic N) is 2. The Labute approximate surface area is 110 Å². The number of aromatic nitrogens is 2. The number of halogens is 1. The van der Waals surface area contributed by atoms with E-state index in [4.69, 9.17) is 11.6 Å². The van der Waals surface area contributed by atoms with E-state index in [-0.39, 0.29) is 0 Å². The molecule has 0 radical (unpaired) electrons. The van der Waals surface area contributed by atoms with Crippen LogP contribution in [0.4, 0.5) is 5.82 Å². The van der Waals surface area contributed by atoms with Crippen molar-refractivity contribution >= 4 is 39.0 Å². The molecular formula is C12H16ClN3S. The molecule has 0 spiro atoms.